The number of benzene rings is 5. The van der Waals surface area contributed by atoms with Crippen molar-refractivity contribution >= 4 is 48.9 Å². The first-order valence-corrected chi connectivity index (χ1v) is 12.2. The van der Waals surface area contributed by atoms with Crippen LogP contribution >= 0.6 is 0 Å². The van der Waals surface area contributed by atoms with Gasteiger partial charge in [0.2, 0.25) is 0 Å². The van der Waals surface area contributed by atoms with Crippen LogP contribution in [0.4, 0.5) is 0 Å². The molecule has 5 aromatic rings. The molecule has 0 spiro atoms. The Kier molecular flexibility index (Phi) is 4.83. The maximum atomic E-state index is 13.0. The van der Waals surface area contributed by atoms with E-state index in [1.54, 1.807) is 0 Å². The van der Waals surface area contributed by atoms with Gasteiger partial charge in [-0.05, 0) is 83.6 Å². The van der Waals surface area contributed by atoms with E-state index in [1.807, 2.05) is 0 Å². The van der Waals surface area contributed by atoms with E-state index >= 15 is 0 Å². The minimum Gasteiger partial charge on any atom is -0.294 e. The SMILES string of the molecule is CCCC(=O)c1ccc2c3cc(C(C)(C)C)cc4cc(C(C)(C)C)cc(c5cccc1c52)c43. The molecule has 5 rings (SSSR count). The maximum Gasteiger partial charge on any atom is 0.163 e. The van der Waals surface area contributed by atoms with Gasteiger partial charge in [0.25, 0.3) is 0 Å². The van der Waals surface area contributed by atoms with E-state index in [0.29, 0.717) is 6.42 Å². The van der Waals surface area contributed by atoms with Crippen molar-refractivity contribution in [2.24, 2.45) is 0 Å². The number of carbonyl (C=O) groups is 1. The third-order valence-electron chi connectivity index (χ3n) is 7.18. The topological polar surface area (TPSA) is 17.1 Å². The van der Waals surface area contributed by atoms with Gasteiger partial charge >= 0.3 is 0 Å². The van der Waals surface area contributed by atoms with E-state index in [-0.39, 0.29) is 16.6 Å². The number of rotatable bonds is 3. The van der Waals surface area contributed by atoms with Crippen molar-refractivity contribution in [3.8, 4) is 0 Å². The smallest absolute Gasteiger partial charge is 0.163 e. The second-order valence-corrected chi connectivity index (χ2v) is 11.7. The fourth-order valence-electron chi connectivity index (χ4n) is 5.27. The molecule has 1 heteroatoms. The predicted molar refractivity (Wildman–Crippen MR) is 144 cm³/mol. The highest BCUT2D eigenvalue weighted by Gasteiger charge is 2.23. The summed E-state index contributed by atoms with van der Waals surface area (Å²) < 4.78 is 0. The molecule has 0 aromatic heterocycles. The summed E-state index contributed by atoms with van der Waals surface area (Å²) in [5, 5.41) is 10.1. The summed E-state index contributed by atoms with van der Waals surface area (Å²) in [4.78, 5) is 13.0. The molecule has 0 bridgehead atoms. The van der Waals surface area contributed by atoms with Crippen molar-refractivity contribution in [1.29, 1.82) is 0 Å². The van der Waals surface area contributed by atoms with Crippen LogP contribution in [0.5, 0.6) is 0 Å². The zero-order chi connectivity index (χ0) is 23.7. The fraction of sp³-hybridized carbons (Fsp3) is 0.344. The van der Waals surface area contributed by atoms with Crippen molar-refractivity contribution in [3.63, 3.8) is 0 Å². The summed E-state index contributed by atoms with van der Waals surface area (Å²) in [5.41, 5.74) is 3.66. The Balaban J connectivity index is 2.05. The van der Waals surface area contributed by atoms with E-state index in [1.165, 1.54) is 48.8 Å². The Morgan fingerprint density at radius 3 is 1.76 bits per heavy atom. The number of fused-ring (bicyclic) bond motifs is 2. The highest BCUT2D eigenvalue weighted by molar-refractivity contribution is 6.34. The van der Waals surface area contributed by atoms with E-state index in [9.17, 15) is 4.79 Å². The Hall–Kier alpha value is -2.93. The van der Waals surface area contributed by atoms with Crippen molar-refractivity contribution in [3.05, 3.63) is 71.3 Å². The van der Waals surface area contributed by atoms with Gasteiger partial charge in [-0.2, -0.15) is 0 Å². The molecule has 0 atom stereocenters. The average molecular weight is 435 g/mol. The summed E-state index contributed by atoms with van der Waals surface area (Å²) in [5.74, 6) is 0.240. The molecular weight excluding hydrogens is 400 g/mol. The zero-order valence-corrected chi connectivity index (χ0v) is 21.0. The van der Waals surface area contributed by atoms with Crippen molar-refractivity contribution in [2.45, 2.75) is 72.1 Å². The van der Waals surface area contributed by atoms with Crippen LogP contribution < -0.4 is 0 Å². The van der Waals surface area contributed by atoms with Gasteiger partial charge in [0.1, 0.15) is 0 Å². The van der Waals surface area contributed by atoms with Gasteiger partial charge in [-0.25, -0.2) is 0 Å². The van der Waals surface area contributed by atoms with Crippen LogP contribution in [0, 0.1) is 0 Å². The minimum atomic E-state index is 0.0513. The molecule has 33 heavy (non-hydrogen) atoms. The summed E-state index contributed by atoms with van der Waals surface area (Å²) in [6, 6.07) is 20.3. The number of ketones is 1. The predicted octanol–water partition coefficient (Wildman–Crippen LogP) is 9.31. The number of carbonyl (C=O) groups excluding carboxylic acids is 1. The first-order valence-electron chi connectivity index (χ1n) is 12.2. The highest BCUT2D eigenvalue weighted by atomic mass is 16.1. The second-order valence-electron chi connectivity index (χ2n) is 11.7. The van der Waals surface area contributed by atoms with Crippen molar-refractivity contribution < 1.29 is 4.79 Å². The van der Waals surface area contributed by atoms with Gasteiger partial charge < -0.3 is 0 Å². The maximum absolute atomic E-state index is 13.0. The van der Waals surface area contributed by atoms with E-state index in [0.717, 1.165) is 17.4 Å². The molecule has 0 aliphatic heterocycles. The van der Waals surface area contributed by atoms with Gasteiger partial charge in [-0.1, -0.05) is 90.9 Å². The number of hydrogen-bond acceptors (Lipinski definition) is 1. The van der Waals surface area contributed by atoms with Crippen LogP contribution in [0.15, 0.2) is 54.6 Å². The van der Waals surface area contributed by atoms with Crippen LogP contribution in [0.25, 0.3) is 43.1 Å². The first-order chi connectivity index (χ1) is 15.5. The summed E-state index contributed by atoms with van der Waals surface area (Å²) >= 11 is 0. The van der Waals surface area contributed by atoms with Crippen molar-refractivity contribution in [1.82, 2.24) is 0 Å². The molecule has 0 aliphatic carbocycles. The summed E-state index contributed by atoms with van der Waals surface area (Å²) in [6.07, 6.45) is 1.46. The normalized spacial score (nSPS) is 13.1. The van der Waals surface area contributed by atoms with Gasteiger partial charge in [-0.15, -0.1) is 0 Å². The summed E-state index contributed by atoms with van der Waals surface area (Å²) in [6.45, 7) is 15.8. The quantitative estimate of drug-likeness (QED) is 0.157. The van der Waals surface area contributed by atoms with E-state index in [2.05, 4.69) is 103 Å². The largest absolute Gasteiger partial charge is 0.294 e. The Morgan fingerprint density at radius 2 is 1.21 bits per heavy atom. The minimum absolute atomic E-state index is 0.0513. The lowest BCUT2D eigenvalue weighted by atomic mass is 9.79. The third-order valence-corrected chi connectivity index (χ3v) is 7.18. The van der Waals surface area contributed by atoms with Gasteiger partial charge in [0.05, 0.1) is 0 Å². The Bertz CT molecular complexity index is 1470. The molecule has 0 saturated carbocycles. The molecule has 0 unspecified atom stereocenters. The average Bonchev–Trinajstić information content (AvgIpc) is 2.75. The van der Waals surface area contributed by atoms with Gasteiger partial charge in [0.15, 0.2) is 5.78 Å². The number of Topliss-reactive ketones (excluding diaryl/α,β-unsaturated/α-hetero) is 1. The molecule has 0 N–H and O–H groups in total. The first kappa shape index (κ1) is 21.9. The molecule has 0 fully saturated rings. The molecule has 0 saturated heterocycles. The molecule has 0 heterocycles. The number of hydrogen-bond donors (Lipinski definition) is 0. The van der Waals surface area contributed by atoms with E-state index < -0.39 is 0 Å². The highest BCUT2D eigenvalue weighted by Crippen LogP contribution is 2.44. The zero-order valence-electron chi connectivity index (χ0n) is 21.0. The lowest BCUT2D eigenvalue weighted by Gasteiger charge is -2.25. The van der Waals surface area contributed by atoms with Crippen LogP contribution in [-0.4, -0.2) is 5.78 Å². The molecule has 1 nitrogen and oxygen atoms in total. The van der Waals surface area contributed by atoms with Gasteiger partial charge in [0, 0.05) is 12.0 Å². The van der Waals surface area contributed by atoms with Crippen LogP contribution in [0.1, 0.15) is 82.8 Å². The lowest BCUT2D eigenvalue weighted by molar-refractivity contribution is 0.0983. The van der Waals surface area contributed by atoms with Crippen LogP contribution in [0.2, 0.25) is 0 Å². The summed E-state index contributed by atoms with van der Waals surface area (Å²) in [7, 11) is 0. The standard InChI is InChI=1S/C32H34O/c1-8-10-28(33)22-13-14-25-27-18-21(32(5,6)7)16-19-15-20(31(2,3)4)17-26(29(19)27)24-12-9-11-23(22)30(24)25/h9,11-18H,8,10H2,1-7H3. The molecule has 0 radical (unpaired) electrons. The van der Waals surface area contributed by atoms with Crippen LogP contribution in [-0.2, 0) is 10.8 Å². The fourth-order valence-corrected chi connectivity index (χ4v) is 5.27. The van der Waals surface area contributed by atoms with Gasteiger partial charge in [-0.3, -0.25) is 4.79 Å². The molecule has 168 valence electrons. The molecule has 5 aromatic carbocycles. The lowest BCUT2D eigenvalue weighted by Crippen LogP contribution is -2.13. The van der Waals surface area contributed by atoms with Crippen molar-refractivity contribution in [2.75, 3.05) is 0 Å². The monoisotopic (exact) mass is 434 g/mol. The molecular formula is C32H34O. The Labute approximate surface area is 197 Å². The van der Waals surface area contributed by atoms with Crippen LogP contribution in [0.3, 0.4) is 0 Å². The van der Waals surface area contributed by atoms with E-state index in [4.69, 9.17) is 0 Å². The second kappa shape index (κ2) is 7.29. The Morgan fingerprint density at radius 1 is 0.667 bits per heavy atom. The third kappa shape index (κ3) is 3.41. The molecule has 0 amide bonds. The molecule has 0 aliphatic rings.